The zero-order valence-electron chi connectivity index (χ0n) is 16.9. The van der Waals surface area contributed by atoms with E-state index in [0.717, 1.165) is 12.1 Å². The summed E-state index contributed by atoms with van der Waals surface area (Å²) in [6.45, 7) is 0. The molecule has 0 fully saturated rings. The molecule has 0 aromatic heterocycles. The van der Waals surface area contributed by atoms with Crippen molar-refractivity contribution < 1.29 is 40.6 Å². The molecule has 0 aliphatic rings. The fraction of sp³-hybridized carbons (Fsp3) is 0.0400. The van der Waals surface area contributed by atoms with Gasteiger partial charge in [0.2, 0.25) is 5.75 Å². The van der Waals surface area contributed by atoms with Gasteiger partial charge in [-0.3, -0.25) is 0 Å². The van der Waals surface area contributed by atoms with Crippen molar-refractivity contribution in [3.63, 3.8) is 0 Å². The Morgan fingerprint density at radius 2 is 0.971 bits per heavy atom. The fourth-order valence-electron chi connectivity index (χ4n) is 3.43. The van der Waals surface area contributed by atoms with Gasteiger partial charge in [-0.2, -0.15) is 0 Å². The number of hydrogen-bond donors (Lipinski definition) is 1. The number of phenolic OH excluding ortho intramolecular Hbond substituents is 1. The summed E-state index contributed by atoms with van der Waals surface area (Å²) >= 11 is 0. The van der Waals surface area contributed by atoms with Crippen LogP contribution in [0.2, 0.25) is 0 Å². The number of benzene rings is 4. The maximum atomic E-state index is 14.8. The highest BCUT2D eigenvalue weighted by Crippen LogP contribution is 2.35. The Hall–Kier alpha value is -4.01. The average Bonchev–Trinajstić information content (AvgIpc) is 2.76. The van der Waals surface area contributed by atoms with Crippen molar-refractivity contribution in [2.45, 2.75) is 6.36 Å². The standard InChI is InChI=1S/C25H13F7O2/c26-20-9-14(13-1-5-17(33)6-2-13)3-7-18(20)15-4-8-19(21(27)10-15)16-11-22(28)24(23(29)12-16)34-25(30,31)32/h1-12,33H. The molecule has 0 saturated heterocycles. The monoisotopic (exact) mass is 478 g/mol. The summed E-state index contributed by atoms with van der Waals surface area (Å²) in [5.74, 6) is -6.55. The smallest absolute Gasteiger partial charge is 0.508 e. The van der Waals surface area contributed by atoms with Crippen LogP contribution in [0.3, 0.4) is 0 Å². The van der Waals surface area contributed by atoms with Gasteiger partial charge in [0.1, 0.15) is 17.4 Å². The van der Waals surface area contributed by atoms with Crippen LogP contribution < -0.4 is 4.74 Å². The number of aromatic hydroxyl groups is 1. The summed E-state index contributed by atoms with van der Waals surface area (Å²) in [6.07, 6.45) is -5.31. The van der Waals surface area contributed by atoms with E-state index in [1.54, 1.807) is 18.2 Å². The maximum Gasteiger partial charge on any atom is 0.573 e. The first-order valence-electron chi connectivity index (χ1n) is 9.66. The van der Waals surface area contributed by atoms with Crippen LogP contribution in [0.4, 0.5) is 30.7 Å². The van der Waals surface area contributed by atoms with E-state index in [2.05, 4.69) is 4.74 Å². The molecule has 0 unspecified atom stereocenters. The number of rotatable bonds is 4. The normalized spacial score (nSPS) is 11.5. The minimum absolute atomic E-state index is 0.0543. The van der Waals surface area contributed by atoms with Crippen molar-refractivity contribution in [2.75, 3.05) is 0 Å². The van der Waals surface area contributed by atoms with Gasteiger partial charge >= 0.3 is 6.36 Å². The van der Waals surface area contributed by atoms with Gasteiger partial charge < -0.3 is 9.84 Å². The Morgan fingerprint density at radius 3 is 1.50 bits per heavy atom. The molecule has 2 nitrogen and oxygen atoms in total. The molecule has 4 rings (SSSR count). The van der Waals surface area contributed by atoms with Crippen LogP contribution in [0, 0.1) is 23.3 Å². The van der Waals surface area contributed by atoms with E-state index in [9.17, 15) is 35.8 Å². The van der Waals surface area contributed by atoms with Gasteiger partial charge in [-0.15, -0.1) is 13.2 Å². The third-order valence-corrected chi connectivity index (χ3v) is 4.98. The second kappa shape index (κ2) is 8.74. The van der Waals surface area contributed by atoms with E-state index in [4.69, 9.17) is 0 Å². The summed E-state index contributed by atoms with van der Waals surface area (Å²) in [5, 5.41) is 9.37. The molecule has 0 amide bonds. The summed E-state index contributed by atoms with van der Waals surface area (Å²) in [7, 11) is 0. The lowest BCUT2D eigenvalue weighted by atomic mass is 9.97. The van der Waals surface area contributed by atoms with Crippen LogP contribution in [-0.4, -0.2) is 11.5 Å². The first-order valence-corrected chi connectivity index (χ1v) is 9.66. The highest BCUT2D eigenvalue weighted by molar-refractivity contribution is 5.74. The van der Waals surface area contributed by atoms with Gasteiger partial charge in [-0.05, 0) is 58.7 Å². The quantitative estimate of drug-likeness (QED) is 0.303. The molecule has 0 aliphatic carbocycles. The van der Waals surface area contributed by atoms with Crippen LogP contribution in [0.5, 0.6) is 11.5 Å². The number of phenols is 1. The molecule has 0 radical (unpaired) electrons. The van der Waals surface area contributed by atoms with E-state index in [0.29, 0.717) is 23.3 Å². The Balaban J connectivity index is 1.66. The van der Waals surface area contributed by atoms with Crippen LogP contribution in [0.1, 0.15) is 0 Å². The highest BCUT2D eigenvalue weighted by atomic mass is 19.4. The average molecular weight is 478 g/mol. The largest absolute Gasteiger partial charge is 0.573 e. The highest BCUT2D eigenvalue weighted by Gasteiger charge is 2.34. The van der Waals surface area contributed by atoms with Gasteiger partial charge in [0.15, 0.2) is 11.6 Å². The number of ether oxygens (including phenoxy) is 1. The Bertz CT molecular complexity index is 1340. The van der Waals surface area contributed by atoms with Crippen molar-refractivity contribution in [3.8, 4) is 44.9 Å². The van der Waals surface area contributed by atoms with Crippen LogP contribution in [0.15, 0.2) is 72.8 Å². The van der Waals surface area contributed by atoms with Gasteiger partial charge in [0.25, 0.3) is 0 Å². The molecule has 34 heavy (non-hydrogen) atoms. The molecule has 0 bridgehead atoms. The fourth-order valence-corrected chi connectivity index (χ4v) is 3.43. The van der Waals surface area contributed by atoms with Gasteiger partial charge in [0.05, 0.1) is 0 Å². The first-order chi connectivity index (χ1) is 16.0. The van der Waals surface area contributed by atoms with E-state index in [1.807, 2.05) is 0 Å². The number of alkyl halides is 3. The lowest BCUT2D eigenvalue weighted by Crippen LogP contribution is -2.19. The van der Waals surface area contributed by atoms with Crippen molar-refractivity contribution in [2.24, 2.45) is 0 Å². The van der Waals surface area contributed by atoms with E-state index >= 15 is 0 Å². The van der Waals surface area contributed by atoms with E-state index in [1.165, 1.54) is 30.3 Å². The third kappa shape index (κ3) is 4.83. The predicted molar refractivity (Wildman–Crippen MR) is 111 cm³/mol. The summed E-state index contributed by atoms with van der Waals surface area (Å²) in [5.41, 5.74) is 0.684. The minimum Gasteiger partial charge on any atom is -0.508 e. The molecule has 4 aromatic carbocycles. The molecule has 0 saturated carbocycles. The Morgan fingerprint density at radius 1 is 0.529 bits per heavy atom. The number of halogens is 7. The lowest BCUT2D eigenvalue weighted by molar-refractivity contribution is -0.276. The molecule has 0 atom stereocenters. The number of hydrogen-bond acceptors (Lipinski definition) is 2. The van der Waals surface area contributed by atoms with Crippen LogP contribution in [0.25, 0.3) is 33.4 Å². The Labute approximate surface area is 188 Å². The second-order valence-electron chi connectivity index (χ2n) is 7.25. The van der Waals surface area contributed by atoms with E-state index < -0.39 is 35.4 Å². The minimum atomic E-state index is -5.31. The summed E-state index contributed by atoms with van der Waals surface area (Å²) in [6, 6.07) is 14.8. The third-order valence-electron chi connectivity index (χ3n) is 4.98. The maximum absolute atomic E-state index is 14.8. The predicted octanol–water partition coefficient (Wildman–Crippen LogP) is 7.85. The van der Waals surface area contributed by atoms with Crippen molar-refractivity contribution >= 4 is 0 Å². The molecule has 0 spiro atoms. The van der Waals surface area contributed by atoms with Crippen LogP contribution >= 0.6 is 0 Å². The van der Waals surface area contributed by atoms with Crippen molar-refractivity contribution in [1.29, 1.82) is 0 Å². The topological polar surface area (TPSA) is 29.5 Å². The van der Waals surface area contributed by atoms with Crippen molar-refractivity contribution in [1.82, 2.24) is 0 Å². The molecule has 4 aromatic rings. The molecule has 174 valence electrons. The molecule has 1 N–H and O–H groups in total. The Kier molecular flexibility index (Phi) is 5.95. The van der Waals surface area contributed by atoms with Crippen LogP contribution in [-0.2, 0) is 0 Å². The molecular formula is C25H13F7O2. The summed E-state index contributed by atoms with van der Waals surface area (Å²) in [4.78, 5) is 0. The molecular weight excluding hydrogens is 465 g/mol. The van der Waals surface area contributed by atoms with Gasteiger partial charge in [-0.1, -0.05) is 36.4 Å². The van der Waals surface area contributed by atoms with Crippen molar-refractivity contribution in [3.05, 3.63) is 96.1 Å². The van der Waals surface area contributed by atoms with Gasteiger partial charge in [-0.25, -0.2) is 17.6 Å². The lowest BCUT2D eigenvalue weighted by Gasteiger charge is -2.13. The molecule has 0 aliphatic heterocycles. The zero-order chi connectivity index (χ0) is 24.6. The molecule has 0 heterocycles. The second-order valence-corrected chi connectivity index (χ2v) is 7.25. The van der Waals surface area contributed by atoms with E-state index in [-0.39, 0.29) is 28.0 Å². The molecule has 9 heteroatoms. The van der Waals surface area contributed by atoms with Gasteiger partial charge in [0, 0.05) is 11.1 Å². The zero-order valence-corrected chi connectivity index (χ0v) is 16.9. The summed E-state index contributed by atoms with van der Waals surface area (Å²) < 4.78 is 97.8. The first kappa shape index (κ1) is 23.2. The SMILES string of the molecule is Oc1ccc(-c2ccc(-c3ccc(-c4cc(F)c(OC(F)(F)F)c(F)c4)c(F)c3)c(F)c2)cc1.